The molecule has 0 saturated carbocycles. The summed E-state index contributed by atoms with van der Waals surface area (Å²) in [6.07, 6.45) is 1.65. The lowest BCUT2D eigenvalue weighted by molar-refractivity contribution is -0.385. The standard InChI is InChI=1S/C15H12N4O4/c1-9-5-6-12(16-7-9)17-8-18-14(20)10-3-2-4-11(19(22)23)13(10)15(18)21/h2-7H,8H2,1H3,(H,16,17). The normalized spacial score (nSPS) is 13.2. The van der Waals surface area contributed by atoms with Gasteiger partial charge in [-0.2, -0.15) is 0 Å². The Bertz CT molecular complexity index is 817. The number of nitro groups is 1. The van der Waals surface area contributed by atoms with Crippen molar-refractivity contribution in [1.82, 2.24) is 9.88 Å². The van der Waals surface area contributed by atoms with Crippen molar-refractivity contribution in [3.63, 3.8) is 0 Å². The summed E-state index contributed by atoms with van der Waals surface area (Å²) in [5, 5.41) is 13.9. The van der Waals surface area contributed by atoms with Gasteiger partial charge in [-0.15, -0.1) is 0 Å². The number of carbonyl (C=O) groups is 2. The third-order valence-electron chi connectivity index (χ3n) is 3.50. The predicted octanol–water partition coefficient (Wildman–Crippen LogP) is 1.96. The van der Waals surface area contributed by atoms with Crippen LogP contribution in [0.3, 0.4) is 0 Å². The molecule has 1 N–H and O–H groups in total. The first-order valence-corrected chi connectivity index (χ1v) is 6.79. The Morgan fingerprint density at radius 2 is 2.00 bits per heavy atom. The Morgan fingerprint density at radius 3 is 2.65 bits per heavy atom. The van der Waals surface area contributed by atoms with Gasteiger partial charge < -0.3 is 5.32 Å². The first kappa shape index (κ1) is 14.6. The molecule has 0 fully saturated rings. The molecule has 8 nitrogen and oxygen atoms in total. The number of nitrogens with one attached hydrogen (secondary N) is 1. The molecule has 2 heterocycles. The smallest absolute Gasteiger partial charge is 0.282 e. The predicted molar refractivity (Wildman–Crippen MR) is 81.1 cm³/mol. The molecule has 2 amide bonds. The van der Waals surface area contributed by atoms with Gasteiger partial charge in [0.25, 0.3) is 17.5 Å². The van der Waals surface area contributed by atoms with Crippen LogP contribution >= 0.6 is 0 Å². The Kier molecular flexibility index (Phi) is 3.49. The van der Waals surface area contributed by atoms with Crippen molar-refractivity contribution in [2.24, 2.45) is 0 Å². The number of hydrogen-bond acceptors (Lipinski definition) is 6. The maximum Gasteiger partial charge on any atom is 0.282 e. The Balaban J connectivity index is 1.84. The first-order chi connectivity index (χ1) is 11.0. The van der Waals surface area contributed by atoms with Gasteiger partial charge in [0.05, 0.1) is 17.2 Å². The van der Waals surface area contributed by atoms with E-state index >= 15 is 0 Å². The lowest BCUT2D eigenvalue weighted by Gasteiger charge is -2.15. The third kappa shape index (κ3) is 2.50. The number of nitrogens with zero attached hydrogens (tertiary/aromatic N) is 3. The molecule has 2 aromatic rings. The molecule has 0 saturated heterocycles. The van der Waals surface area contributed by atoms with Gasteiger partial charge in [-0.3, -0.25) is 24.6 Å². The molecular weight excluding hydrogens is 300 g/mol. The Labute approximate surface area is 130 Å². The number of rotatable bonds is 4. The highest BCUT2D eigenvalue weighted by Gasteiger charge is 2.40. The van der Waals surface area contributed by atoms with E-state index in [0.717, 1.165) is 10.5 Å². The van der Waals surface area contributed by atoms with Gasteiger partial charge in [0.15, 0.2) is 0 Å². The lowest BCUT2D eigenvalue weighted by atomic mass is 10.1. The molecule has 116 valence electrons. The van der Waals surface area contributed by atoms with E-state index in [1.165, 1.54) is 18.2 Å². The molecule has 23 heavy (non-hydrogen) atoms. The summed E-state index contributed by atoms with van der Waals surface area (Å²) in [6, 6.07) is 7.56. The van der Waals surface area contributed by atoms with E-state index < -0.39 is 16.7 Å². The Morgan fingerprint density at radius 1 is 1.22 bits per heavy atom. The molecule has 0 aliphatic carbocycles. The number of hydrogen-bond donors (Lipinski definition) is 1. The van der Waals surface area contributed by atoms with Crippen LogP contribution in [0.15, 0.2) is 36.5 Å². The topological polar surface area (TPSA) is 105 Å². The molecule has 0 unspecified atom stereocenters. The number of amides is 2. The fraction of sp³-hybridized carbons (Fsp3) is 0.133. The molecule has 1 aromatic carbocycles. The quantitative estimate of drug-likeness (QED) is 0.525. The maximum atomic E-state index is 12.3. The number of nitro benzene ring substituents is 1. The summed E-state index contributed by atoms with van der Waals surface area (Å²) in [5.41, 5.74) is 0.493. The third-order valence-corrected chi connectivity index (χ3v) is 3.50. The minimum atomic E-state index is -0.683. The number of aryl methyl sites for hydroxylation is 1. The fourth-order valence-corrected chi connectivity index (χ4v) is 2.34. The summed E-state index contributed by atoms with van der Waals surface area (Å²) in [5.74, 6) is -0.744. The van der Waals surface area contributed by atoms with Gasteiger partial charge in [-0.05, 0) is 24.6 Å². The summed E-state index contributed by atoms with van der Waals surface area (Å²) < 4.78 is 0. The molecule has 1 aliphatic rings. The zero-order chi connectivity index (χ0) is 16.6. The van der Waals surface area contributed by atoms with Gasteiger partial charge in [0, 0.05) is 12.3 Å². The van der Waals surface area contributed by atoms with Crippen molar-refractivity contribution in [1.29, 1.82) is 0 Å². The molecule has 0 radical (unpaired) electrons. The average molecular weight is 312 g/mol. The zero-order valence-corrected chi connectivity index (χ0v) is 12.1. The van der Waals surface area contributed by atoms with E-state index in [9.17, 15) is 19.7 Å². The first-order valence-electron chi connectivity index (χ1n) is 6.79. The van der Waals surface area contributed by atoms with Crippen LogP contribution in [-0.4, -0.2) is 33.3 Å². The van der Waals surface area contributed by atoms with Gasteiger partial charge >= 0.3 is 0 Å². The van der Waals surface area contributed by atoms with Crippen molar-refractivity contribution >= 4 is 23.3 Å². The largest absolute Gasteiger partial charge is 0.352 e. The van der Waals surface area contributed by atoms with Crippen LogP contribution in [0.1, 0.15) is 26.3 Å². The fourth-order valence-electron chi connectivity index (χ4n) is 2.34. The highest BCUT2D eigenvalue weighted by molar-refractivity contribution is 6.23. The molecule has 0 spiro atoms. The second-order valence-electron chi connectivity index (χ2n) is 5.05. The van der Waals surface area contributed by atoms with Gasteiger partial charge in [-0.25, -0.2) is 4.98 Å². The number of fused-ring (bicyclic) bond motifs is 1. The van der Waals surface area contributed by atoms with Crippen molar-refractivity contribution in [2.45, 2.75) is 6.92 Å². The number of benzene rings is 1. The van der Waals surface area contributed by atoms with Crippen molar-refractivity contribution < 1.29 is 14.5 Å². The summed E-state index contributed by atoms with van der Waals surface area (Å²) in [7, 11) is 0. The number of pyridine rings is 1. The summed E-state index contributed by atoms with van der Waals surface area (Å²) in [6.45, 7) is 1.78. The van der Waals surface area contributed by atoms with Crippen LogP contribution < -0.4 is 5.32 Å². The second-order valence-corrected chi connectivity index (χ2v) is 5.05. The summed E-state index contributed by atoms with van der Waals surface area (Å²) in [4.78, 5) is 40.0. The van der Waals surface area contributed by atoms with Crippen LogP contribution in [0.2, 0.25) is 0 Å². The molecule has 0 atom stereocenters. The highest BCUT2D eigenvalue weighted by Crippen LogP contribution is 2.30. The monoisotopic (exact) mass is 312 g/mol. The van der Waals surface area contributed by atoms with Gasteiger partial charge in [-0.1, -0.05) is 12.1 Å². The van der Waals surface area contributed by atoms with Crippen LogP contribution in [0.5, 0.6) is 0 Å². The van der Waals surface area contributed by atoms with Crippen molar-refractivity contribution in [3.8, 4) is 0 Å². The van der Waals surface area contributed by atoms with E-state index in [1.807, 2.05) is 13.0 Å². The van der Waals surface area contributed by atoms with E-state index in [4.69, 9.17) is 0 Å². The van der Waals surface area contributed by atoms with Crippen LogP contribution in [0, 0.1) is 17.0 Å². The van der Waals surface area contributed by atoms with Gasteiger partial charge in [0.2, 0.25) is 0 Å². The molecule has 0 bridgehead atoms. The second kappa shape index (κ2) is 5.48. The SMILES string of the molecule is Cc1ccc(NCN2C(=O)c3cccc([N+](=O)[O-])c3C2=O)nc1. The zero-order valence-electron chi connectivity index (χ0n) is 12.1. The number of imide groups is 1. The number of carbonyl (C=O) groups excluding carboxylic acids is 2. The van der Waals surface area contributed by atoms with Crippen LogP contribution in [-0.2, 0) is 0 Å². The van der Waals surface area contributed by atoms with Crippen molar-refractivity contribution in [2.75, 3.05) is 12.0 Å². The Hall–Kier alpha value is -3.29. The van der Waals surface area contributed by atoms with E-state index in [1.54, 1.807) is 12.3 Å². The van der Waals surface area contributed by atoms with Crippen LogP contribution in [0.4, 0.5) is 11.5 Å². The lowest BCUT2D eigenvalue weighted by Crippen LogP contribution is -2.34. The maximum absolute atomic E-state index is 12.3. The van der Waals surface area contributed by atoms with Gasteiger partial charge in [0.1, 0.15) is 11.4 Å². The number of anilines is 1. The minimum absolute atomic E-state index is 0.0443. The van der Waals surface area contributed by atoms with Crippen molar-refractivity contribution in [3.05, 3.63) is 63.3 Å². The minimum Gasteiger partial charge on any atom is -0.352 e. The molecule has 1 aliphatic heterocycles. The number of aromatic nitrogens is 1. The van der Waals surface area contributed by atoms with E-state index in [2.05, 4.69) is 10.3 Å². The van der Waals surface area contributed by atoms with Crippen LogP contribution in [0.25, 0.3) is 0 Å². The van der Waals surface area contributed by atoms with E-state index in [0.29, 0.717) is 5.82 Å². The highest BCUT2D eigenvalue weighted by atomic mass is 16.6. The molecule has 8 heteroatoms. The average Bonchev–Trinajstić information content (AvgIpc) is 2.78. The molecule has 3 rings (SSSR count). The summed E-state index contributed by atoms with van der Waals surface area (Å²) >= 11 is 0. The van der Waals surface area contributed by atoms with E-state index in [-0.39, 0.29) is 23.5 Å². The molecular formula is C15H12N4O4. The molecule has 1 aromatic heterocycles.